The number of hydrogen-bond acceptors (Lipinski definition) is 4. The molecule has 110 valence electrons. The van der Waals surface area contributed by atoms with Crippen LogP contribution in [0.25, 0.3) is 0 Å². The molecule has 0 aromatic rings. The molecular formula is C15H29N3O. The van der Waals surface area contributed by atoms with Gasteiger partial charge in [0.1, 0.15) is 0 Å². The molecule has 3 rings (SSSR count). The molecule has 19 heavy (non-hydrogen) atoms. The smallest absolute Gasteiger partial charge is 0.0620 e. The molecule has 1 N–H and O–H groups in total. The molecule has 3 saturated heterocycles. The Hall–Kier alpha value is -0.160. The second kappa shape index (κ2) is 6.53. The van der Waals surface area contributed by atoms with Gasteiger partial charge in [-0.15, -0.1) is 0 Å². The number of nitrogens with one attached hydrogen (secondary N) is 1. The van der Waals surface area contributed by atoms with Crippen LogP contribution in [-0.2, 0) is 4.74 Å². The third-order valence-electron chi connectivity index (χ3n) is 5.10. The minimum absolute atomic E-state index is 0.564. The minimum atomic E-state index is 0.564. The molecule has 4 heteroatoms. The molecule has 3 heterocycles. The molecule has 0 aliphatic carbocycles. The van der Waals surface area contributed by atoms with Gasteiger partial charge in [0.25, 0.3) is 0 Å². The zero-order chi connectivity index (χ0) is 13.1. The average molecular weight is 267 g/mol. The molecule has 0 aromatic carbocycles. The molecule has 0 aromatic heterocycles. The number of morpholine rings is 1. The first-order valence-electron chi connectivity index (χ1n) is 8.12. The summed E-state index contributed by atoms with van der Waals surface area (Å²) in [7, 11) is 0. The van der Waals surface area contributed by atoms with E-state index in [4.69, 9.17) is 4.74 Å². The third kappa shape index (κ3) is 3.48. The lowest BCUT2D eigenvalue weighted by atomic mass is 10.1. The van der Waals surface area contributed by atoms with Crippen LogP contribution in [0, 0.1) is 0 Å². The number of rotatable bonds is 4. The van der Waals surface area contributed by atoms with E-state index in [2.05, 4.69) is 22.0 Å². The van der Waals surface area contributed by atoms with Crippen molar-refractivity contribution in [3.63, 3.8) is 0 Å². The predicted molar refractivity (Wildman–Crippen MR) is 77.5 cm³/mol. The van der Waals surface area contributed by atoms with Gasteiger partial charge in [-0.1, -0.05) is 0 Å². The lowest BCUT2D eigenvalue weighted by Crippen LogP contribution is -2.46. The number of ether oxygens (including phenoxy) is 1. The molecular weight excluding hydrogens is 238 g/mol. The maximum atomic E-state index is 5.56. The Kier molecular flexibility index (Phi) is 4.74. The maximum Gasteiger partial charge on any atom is 0.0620 e. The van der Waals surface area contributed by atoms with E-state index in [1.807, 2.05) is 0 Å². The summed E-state index contributed by atoms with van der Waals surface area (Å²) in [6.45, 7) is 10.4. The summed E-state index contributed by atoms with van der Waals surface area (Å²) in [4.78, 5) is 5.41. The lowest BCUT2D eigenvalue weighted by molar-refractivity contribution is 0.0635. The Morgan fingerprint density at radius 1 is 1.26 bits per heavy atom. The number of hydrogen-bond donors (Lipinski definition) is 1. The van der Waals surface area contributed by atoms with Crippen LogP contribution >= 0.6 is 0 Å². The second-order valence-electron chi connectivity index (χ2n) is 6.49. The van der Waals surface area contributed by atoms with Crippen molar-refractivity contribution in [1.82, 2.24) is 15.1 Å². The monoisotopic (exact) mass is 267 g/mol. The highest BCUT2D eigenvalue weighted by molar-refractivity contribution is 4.89. The summed E-state index contributed by atoms with van der Waals surface area (Å²) < 4.78 is 5.56. The Bertz CT molecular complexity index is 275. The van der Waals surface area contributed by atoms with Crippen LogP contribution in [0.15, 0.2) is 0 Å². The fourth-order valence-corrected chi connectivity index (χ4v) is 3.91. The topological polar surface area (TPSA) is 27.7 Å². The van der Waals surface area contributed by atoms with Crippen molar-refractivity contribution in [2.45, 2.75) is 50.7 Å². The zero-order valence-electron chi connectivity index (χ0n) is 12.3. The highest BCUT2D eigenvalue weighted by atomic mass is 16.5. The Labute approximate surface area is 117 Å². The third-order valence-corrected chi connectivity index (χ3v) is 5.10. The van der Waals surface area contributed by atoms with Gasteiger partial charge in [-0.25, -0.2) is 0 Å². The summed E-state index contributed by atoms with van der Waals surface area (Å²) >= 11 is 0. The minimum Gasteiger partial charge on any atom is -0.379 e. The zero-order valence-corrected chi connectivity index (χ0v) is 12.3. The molecule has 3 fully saturated rings. The molecule has 4 nitrogen and oxygen atoms in total. The first-order chi connectivity index (χ1) is 9.33. The SMILES string of the molecule is CC(CC1COCCN1)N1CCC(N2CCCC2)C1. The van der Waals surface area contributed by atoms with Crippen LogP contribution in [0.5, 0.6) is 0 Å². The molecule has 0 amide bonds. The number of nitrogens with zero attached hydrogens (tertiary/aromatic N) is 2. The molecule has 3 atom stereocenters. The second-order valence-corrected chi connectivity index (χ2v) is 6.49. The quantitative estimate of drug-likeness (QED) is 0.820. The first kappa shape index (κ1) is 13.8. The lowest BCUT2D eigenvalue weighted by Gasteiger charge is -2.31. The van der Waals surface area contributed by atoms with Crippen molar-refractivity contribution in [2.24, 2.45) is 0 Å². The van der Waals surface area contributed by atoms with Crippen LogP contribution in [0.1, 0.15) is 32.6 Å². The largest absolute Gasteiger partial charge is 0.379 e. The van der Waals surface area contributed by atoms with Crippen molar-refractivity contribution in [2.75, 3.05) is 45.9 Å². The summed E-state index contributed by atoms with van der Waals surface area (Å²) in [5.41, 5.74) is 0. The van der Waals surface area contributed by atoms with Gasteiger partial charge in [-0.2, -0.15) is 0 Å². The van der Waals surface area contributed by atoms with Crippen LogP contribution < -0.4 is 5.32 Å². The van der Waals surface area contributed by atoms with Gasteiger partial charge in [-0.05, 0) is 45.7 Å². The van der Waals surface area contributed by atoms with E-state index in [1.54, 1.807) is 0 Å². The van der Waals surface area contributed by atoms with E-state index in [9.17, 15) is 0 Å². The Balaban J connectivity index is 1.44. The van der Waals surface area contributed by atoms with Crippen LogP contribution in [-0.4, -0.2) is 73.9 Å². The summed E-state index contributed by atoms with van der Waals surface area (Å²) in [6, 6.07) is 2.09. The van der Waals surface area contributed by atoms with E-state index in [1.165, 1.54) is 51.9 Å². The molecule has 0 saturated carbocycles. The van der Waals surface area contributed by atoms with Gasteiger partial charge in [0.2, 0.25) is 0 Å². The fraction of sp³-hybridized carbons (Fsp3) is 1.00. The summed E-state index contributed by atoms with van der Waals surface area (Å²) in [5.74, 6) is 0. The molecule has 3 aliphatic rings. The van der Waals surface area contributed by atoms with Crippen molar-refractivity contribution in [1.29, 1.82) is 0 Å². The van der Waals surface area contributed by atoms with Gasteiger partial charge in [0, 0.05) is 37.8 Å². The molecule has 0 radical (unpaired) electrons. The fourth-order valence-electron chi connectivity index (χ4n) is 3.91. The summed E-state index contributed by atoms with van der Waals surface area (Å²) in [5, 5.41) is 3.58. The van der Waals surface area contributed by atoms with Crippen LogP contribution in [0.2, 0.25) is 0 Å². The highest BCUT2D eigenvalue weighted by Gasteiger charge is 2.32. The van der Waals surface area contributed by atoms with Gasteiger partial charge < -0.3 is 10.1 Å². The standard InChI is InChI=1S/C15H29N3O/c1-13(10-14-12-19-9-5-16-14)18-8-4-15(11-18)17-6-2-3-7-17/h13-16H,2-12H2,1H3. The highest BCUT2D eigenvalue weighted by Crippen LogP contribution is 2.23. The first-order valence-corrected chi connectivity index (χ1v) is 8.12. The van der Waals surface area contributed by atoms with Crippen LogP contribution in [0.3, 0.4) is 0 Å². The average Bonchev–Trinajstić information content (AvgIpc) is 3.11. The van der Waals surface area contributed by atoms with E-state index in [0.717, 1.165) is 25.8 Å². The van der Waals surface area contributed by atoms with Crippen molar-refractivity contribution in [3.8, 4) is 0 Å². The van der Waals surface area contributed by atoms with E-state index < -0.39 is 0 Å². The van der Waals surface area contributed by atoms with Crippen LogP contribution in [0.4, 0.5) is 0 Å². The van der Waals surface area contributed by atoms with Crippen molar-refractivity contribution >= 4 is 0 Å². The maximum absolute atomic E-state index is 5.56. The van der Waals surface area contributed by atoms with Gasteiger partial charge >= 0.3 is 0 Å². The molecule has 0 spiro atoms. The van der Waals surface area contributed by atoms with Gasteiger partial charge in [0.15, 0.2) is 0 Å². The molecule has 3 unspecified atom stereocenters. The van der Waals surface area contributed by atoms with E-state index in [-0.39, 0.29) is 0 Å². The van der Waals surface area contributed by atoms with E-state index >= 15 is 0 Å². The van der Waals surface area contributed by atoms with Crippen molar-refractivity contribution in [3.05, 3.63) is 0 Å². The number of likely N-dealkylation sites (tertiary alicyclic amines) is 2. The summed E-state index contributed by atoms with van der Waals surface area (Å²) in [6.07, 6.45) is 5.43. The Morgan fingerprint density at radius 3 is 2.84 bits per heavy atom. The van der Waals surface area contributed by atoms with Gasteiger partial charge in [-0.3, -0.25) is 9.80 Å². The van der Waals surface area contributed by atoms with E-state index in [0.29, 0.717) is 12.1 Å². The molecule has 0 bridgehead atoms. The molecule has 3 aliphatic heterocycles. The predicted octanol–water partition coefficient (Wildman–Crippen LogP) is 0.924. The normalized spacial score (nSPS) is 35.8. The van der Waals surface area contributed by atoms with Gasteiger partial charge in [0.05, 0.1) is 13.2 Å². The Morgan fingerprint density at radius 2 is 2.11 bits per heavy atom. The van der Waals surface area contributed by atoms with Crippen molar-refractivity contribution < 1.29 is 4.74 Å².